The van der Waals surface area contributed by atoms with E-state index in [1.54, 1.807) is 40.6 Å². The molecule has 0 spiro atoms. The molecular formula is C32H22O6. The van der Waals surface area contributed by atoms with Crippen LogP contribution in [0.4, 0.5) is 0 Å². The summed E-state index contributed by atoms with van der Waals surface area (Å²) in [5, 5.41) is 8.17. The number of benzene rings is 7. The van der Waals surface area contributed by atoms with Crippen molar-refractivity contribution in [2.75, 3.05) is 28.4 Å². The van der Waals surface area contributed by atoms with Gasteiger partial charge >= 0.3 is 0 Å². The van der Waals surface area contributed by atoms with E-state index in [0.717, 1.165) is 21.5 Å². The smallest absolute Gasteiger partial charge is 0.198 e. The Hall–Kier alpha value is -4.84. The van der Waals surface area contributed by atoms with E-state index in [2.05, 4.69) is 0 Å². The molecule has 0 heterocycles. The summed E-state index contributed by atoms with van der Waals surface area (Å²) < 4.78 is 23.3. The fraction of sp³-hybridized carbons (Fsp3) is 0.125. The van der Waals surface area contributed by atoms with Crippen LogP contribution in [0.1, 0.15) is 0 Å². The normalized spacial score (nSPS) is 11.9. The van der Waals surface area contributed by atoms with Gasteiger partial charge in [0.2, 0.25) is 0 Å². The molecule has 7 rings (SSSR count). The lowest BCUT2D eigenvalue weighted by Crippen LogP contribution is -2.09. The van der Waals surface area contributed by atoms with E-state index in [4.69, 9.17) is 18.9 Å². The maximum atomic E-state index is 14.0. The molecule has 6 nitrogen and oxygen atoms in total. The van der Waals surface area contributed by atoms with Crippen molar-refractivity contribution in [3.63, 3.8) is 0 Å². The van der Waals surface area contributed by atoms with E-state index in [1.165, 1.54) is 0 Å². The van der Waals surface area contributed by atoms with Crippen molar-refractivity contribution < 1.29 is 18.9 Å². The molecule has 0 radical (unpaired) electrons. The summed E-state index contributed by atoms with van der Waals surface area (Å²) in [4.78, 5) is 28.0. The van der Waals surface area contributed by atoms with Gasteiger partial charge in [-0.2, -0.15) is 0 Å². The number of hydrogen-bond donors (Lipinski definition) is 0. The summed E-state index contributed by atoms with van der Waals surface area (Å²) in [7, 11) is 6.26. The Balaban J connectivity index is 2.06. The first-order chi connectivity index (χ1) is 18.5. The molecule has 7 aromatic carbocycles. The Morgan fingerprint density at radius 3 is 1.05 bits per heavy atom. The molecule has 0 aliphatic carbocycles. The second-order valence-corrected chi connectivity index (χ2v) is 9.31. The van der Waals surface area contributed by atoms with Crippen LogP contribution in [0.25, 0.3) is 64.6 Å². The summed E-state index contributed by atoms with van der Waals surface area (Å²) in [6, 6.07) is 18.6. The lowest BCUT2D eigenvalue weighted by atomic mass is 9.83. The summed E-state index contributed by atoms with van der Waals surface area (Å²) in [6.45, 7) is 0. The average Bonchev–Trinajstić information content (AvgIpc) is 2.97. The Morgan fingerprint density at radius 2 is 0.711 bits per heavy atom. The van der Waals surface area contributed by atoms with Crippen LogP contribution in [-0.4, -0.2) is 28.4 Å². The zero-order chi connectivity index (χ0) is 26.3. The van der Waals surface area contributed by atoms with Crippen LogP contribution in [0, 0.1) is 0 Å². The van der Waals surface area contributed by atoms with E-state index < -0.39 is 0 Å². The van der Waals surface area contributed by atoms with Crippen molar-refractivity contribution in [1.29, 1.82) is 0 Å². The second kappa shape index (κ2) is 7.83. The van der Waals surface area contributed by atoms with Crippen molar-refractivity contribution in [1.82, 2.24) is 0 Å². The third-order valence-electron chi connectivity index (χ3n) is 7.73. The van der Waals surface area contributed by atoms with E-state index in [9.17, 15) is 9.59 Å². The van der Waals surface area contributed by atoms with Crippen molar-refractivity contribution in [2.24, 2.45) is 0 Å². The minimum atomic E-state index is -0.128. The summed E-state index contributed by atoms with van der Waals surface area (Å²) in [5.41, 5.74) is -0.256. The van der Waals surface area contributed by atoms with E-state index >= 15 is 0 Å². The molecule has 6 heteroatoms. The molecule has 0 aliphatic rings. The van der Waals surface area contributed by atoms with Crippen molar-refractivity contribution in [2.45, 2.75) is 0 Å². The summed E-state index contributed by atoms with van der Waals surface area (Å²) in [6.07, 6.45) is 0. The minimum Gasteiger partial charge on any atom is -0.496 e. The summed E-state index contributed by atoms with van der Waals surface area (Å²) in [5.74, 6) is 1.88. The predicted octanol–water partition coefficient (Wildman–Crippen LogP) is 6.24. The van der Waals surface area contributed by atoms with Gasteiger partial charge in [0.05, 0.1) is 39.2 Å². The maximum absolute atomic E-state index is 14.0. The van der Waals surface area contributed by atoms with Crippen LogP contribution in [-0.2, 0) is 0 Å². The van der Waals surface area contributed by atoms with Gasteiger partial charge in [-0.05, 0) is 21.5 Å². The topological polar surface area (TPSA) is 71.1 Å². The molecule has 0 aliphatic heterocycles. The lowest BCUT2D eigenvalue weighted by Gasteiger charge is -2.22. The van der Waals surface area contributed by atoms with Gasteiger partial charge in [0, 0.05) is 44.5 Å². The molecule has 0 N–H and O–H groups in total. The zero-order valence-electron chi connectivity index (χ0n) is 21.2. The number of ether oxygens (including phenoxy) is 4. The van der Waals surface area contributed by atoms with Gasteiger partial charge in [-0.15, -0.1) is 0 Å². The predicted molar refractivity (Wildman–Crippen MR) is 153 cm³/mol. The molecule has 0 saturated heterocycles. The highest BCUT2D eigenvalue weighted by molar-refractivity contribution is 6.44. The third-order valence-corrected chi connectivity index (χ3v) is 7.73. The molecule has 38 heavy (non-hydrogen) atoms. The lowest BCUT2D eigenvalue weighted by molar-refractivity contribution is 0.398. The number of hydrogen-bond acceptors (Lipinski definition) is 6. The van der Waals surface area contributed by atoms with E-state index in [1.807, 2.05) is 48.5 Å². The molecule has 0 aromatic heterocycles. The summed E-state index contributed by atoms with van der Waals surface area (Å²) >= 11 is 0. The highest BCUT2D eigenvalue weighted by Crippen LogP contribution is 2.52. The van der Waals surface area contributed by atoms with E-state index in [0.29, 0.717) is 66.1 Å². The highest BCUT2D eigenvalue weighted by Gasteiger charge is 2.28. The van der Waals surface area contributed by atoms with Gasteiger partial charge in [-0.1, -0.05) is 48.5 Å². The maximum Gasteiger partial charge on any atom is 0.198 e. The molecule has 7 aromatic rings. The molecule has 0 bridgehead atoms. The first-order valence-corrected chi connectivity index (χ1v) is 12.2. The van der Waals surface area contributed by atoms with Gasteiger partial charge in [0.1, 0.15) is 23.0 Å². The standard InChI is InChI=1S/C32H22O6/c1-35-19-13-21(37-3)27-29-23(15-9-5-7-11-17(15)31(27)33)24-16-10-6-8-12-18(16)32(34)28-22(38-4)14-20(36-2)26(25(19)29)30(24)28/h5-14H,1-4H3. The molecule has 186 valence electrons. The van der Waals surface area contributed by atoms with E-state index in [-0.39, 0.29) is 10.9 Å². The SMILES string of the molecule is COc1cc(OC)c2c3c(OC)cc(OC)c4c(=O)c5ccccc5c(c43)c3c4ccccc4c(=O)c1c23. The van der Waals surface area contributed by atoms with Crippen molar-refractivity contribution in [3.05, 3.63) is 81.1 Å². The quantitative estimate of drug-likeness (QED) is 0.210. The Kier molecular flexibility index (Phi) is 4.61. The molecule has 0 atom stereocenters. The highest BCUT2D eigenvalue weighted by atomic mass is 16.5. The van der Waals surface area contributed by atoms with Crippen LogP contribution < -0.4 is 29.8 Å². The molecule has 0 fully saturated rings. The van der Waals surface area contributed by atoms with Crippen LogP contribution in [0.5, 0.6) is 23.0 Å². The number of rotatable bonds is 4. The Morgan fingerprint density at radius 1 is 0.395 bits per heavy atom. The van der Waals surface area contributed by atoms with Crippen molar-refractivity contribution >= 4 is 64.6 Å². The van der Waals surface area contributed by atoms with Gasteiger partial charge in [0.15, 0.2) is 10.9 Å². The Labute approximate surface area is 216 Å². The molecule has 0 saturated carbocycles. The van der Waals surface area contributed by atoms with Crippen molar-refractivity contribution in [3.8, 4) is 23.0 Å². The van der Waals surface area contributed by atoms with Gasteiger partial charge in [-0.3, -0.25) is 9.59 Å². The largest absolute Gasteiger partial charge is 0.496 e. The molecular weight excluding hydrogens is 480 g/mol. The second-order valence-electron chi connectivity index (χ2n) is 9.31. The fourth-order valence-corrected chi connectivity index (χ4v) is 6.22. The van der Waals surface area contributed by atoms with Gasteiger partial charge in [0.25, 0.3) is 0 Å². The van der Waals surface area contributed by atoms with Crippen LogP contribution in [0.15, 0.2) is 70.3 Å². The minimum absolute atomic E-state index is 0.128. The molecule has 0 unspecified atom stereocenters. The van der Waals surface area contributed by atoms with Gasteiger partial charge < -0.3 is 18.9 Å². The number of fused-ring (bicyclic) bond motifs is 6. The first kappa shape index (κ1) is 22.4. The zero-order valence-corrected chi connectivity index (χ0v) is 21.2. The monoisotopic (exact) mass is 502 g/mol. The number of methoxy groups -OCH3 is 4. The molecule has 0 amide bonds. The first-order valence-electron chi connectivity index (χ1n) is 12.2. The van der Waals surface area contributed by atoms with Gasteiger partial charge in [-0.25, -0.2) is 0 Å². The third kappa shape index (κ3) is 2.56. The Bertz CT molecular complexity index is 2060. The van der Waals surface area contributed by atoms with Crippen LogP contribution in [0.2, 0.25) is 0 Å². The fourth-order valence-electron chi connectivity index (χ4n) is 6.22. The average molecular weight is 503 g/mol. The van der Waals surface area contributed by atoms with Crippen LogP contribution >= 0.6 is 0 Å². The van der Waals surface area contributed by atoms with Crippen LogP contribution in [0.3, 0.4) is 0 Å².